The van der Waals surface area contributed by atoms with Crippen LogP contribution in [0.1, 0.15) is 18.7 Å². The summed E-state index contributed by atoms with van der Waals surface area (Å²) in [6.45, 7) is 3.36. The van der Waals surface area contributed by atoms with Gasteiger partial charge in [-0.2, -0.15) is 13.2 Å². The quantitative estimate of drug-likeness (QED) is 0.753. The molecule has 2 saturated heterocycles. The average Bonchev–Trinajstić information content (AvgIpc) is 3.37. The van der Waals surface area contributed by atoms with Gasteiger partial charge in [-0.05, 0) is 25.0 Å². The number of halogens is 3. The van der Waals surface area contributed by atoms with E-state index in [0.717, 1.165) is 30.5 Å². The molecule has 3 heterocycles. The van der Waals surface area contributed by atoms with Gasteiger partial charge in [-0.15, -0.1) is 0 Å². The van der Waals surface area contributed by atoms with Gasteiger partial charge in [0.25, 0.3) is 0 Å². The molecular formula is C20H24F3N5O2. The first kappa shape index (κ1) is 20.6. The average molecular weight is 423 g/mol. The highest BCUT2D eigenvalue weighted by Gasteiger charge is 2.38. The van der Waals surface area contributed by atoms with Crippen LogP contribution in [0.15, 0.2) is 24.3 Å². The molecule has 4 rings (SSSR count). The van der Waals surface area contributed by atoms with Gasteiger partial charge >= 0.3 is 6.18 Å². The molecule has 1 aromatic carbocycles. The fourth-order valence-electron chi connectivity index (χ4n) is 4.10. The summed E-state index contributed by atoms with van der Waals surface area (Å²) in [5.74, 6) is -1.34. The lowest BCUT2D eigenvalue weighted by Gasteiger charge is -2.35. The van der Waals surface area contributed by atoms with Gasteiger partial charge in [-0.25, -0.2) is 4.98 Å². The Kier molecular flexibility index (Phi) is 5.68. The topological polar surface area (TPSA) is 61.7 Å². The maximum atomic E-state index is 13.4. The molecule has 2 aliphatic heterocycles. The van der Waals surface area contributed by atoms with Gasteiger partial charge in [0.05, 0.1) is 17.6 Å². The largest absolute Gasteiger partial charge is 0.449 e. The normalized spacial score (nSPS) is 18.4. The second kappa shape index (κ2) is 8.25. The number of fused-ring (bicyclic) bond motifs is 1. The van der Waals surface area contributed by atoms with Crippen LogP contribution < -0.4 is 0 Å². The predicted octanol–water partition coefficient (Wildman–Crippen LogP) is 1.82. The van der Waals surface area contributed by atoms with E-state index in [1.165, 1.54) is 12.1 Å². The number of piperazine rings is 1. The van der Waals surface area contributed by atoms with Crippen molar-refractivity contribution in [1.29, 1.82) is 0 Å². The van der Waals surface area contributed by atoms with Crippen LogP contribution in [-0.4, -0.2) is 81.9 Å². The number of hydrogen-bond acceptors (Lipinski definition) is 4. The lowest BCUT2D eigenvalue weighted by Crippen LogP contribution is -2.52. The van der Waals surface area contributed by atoms with Crippen LogP contribution in [0.3, 0.4) is 0 Å². The first-order chi connectivity index (χ1) is 14.3. The molecule has 0 N–H and O–H groups in total. The molecule has 2 aliphatic rings. The molecule has 0 unspecified atom stereocenters. The molecule has 2 amide bonds. The van der Waals surface area contributed by atoms with Crippen LogP contribution in [0.5, 0.6) is 0 Å². The fraction of sp³-hybridized carbons (Fsp3) is 0.550. The van der Waals surface area contributed by atoms with Crippen LogP contribution in [-0.2, 0) is 22.3 Å². The monoisotopic (exact) mass is 423 g/mol. The molecule has 0 spiro atoms. The predicted molar refractivity (Wildman–Crippen MR) is 104 cm³/mol. The Bertz CT molecular complexity index is 928. The first-order valence-electron chi connectivity index (χ1n) is 10.1. The number of nitrogens with zero attached hydrogens (tertiary/aromatic N) is 5. The van der Waals surface area contributed by atoms with E-state index in [1.807, 2.05) is 9.80 Å². The highest BCUT2D eigenvalue weighted by Crippen LogP contribution is 2.31. The molecule has 30 heavy (non-hydrogen) atoms. The summed E-state index contributed by atoms with van der Waals surface area (Å²) in [5, 5.41) is 0. The standard InChI is InChI=1S/C20H24F3N5O2/c21-20(22,23)19-24-15-5-1-2-6-16(15)28(19)14-18(30)27-11-9-25(10-12-27)13-17(29)26-7-3-4-8-26/h1-2,5-6H,3-4,7-14H2. The van der Waals surface area contributed by atoms with Gasteiger partial charge in [-0.3, -0.25) is 14.5 Å². The van der Waals surface area contributed by atoms with Crippen molar-refractivity contribution in [2.45, 2.75) is 25.6 Å². The van der Waals surface area contributed by atoms with E-state index < -0.39 is 18.5 Å². The van der Waals surface area contributed by atoms with Gasteiger partial charge in [0.1, 0.15) is 6.54 Å². The van der Waals surface area contributed by atoms with E-state index in [9.17, 15) is 22.8 Å². The molecule has 7 nitrogen and oxygen atoms in total. The molecule has 0 atom stereocenters. The van der Waals surface area contributed by atoms with Crippen LogP contribution in [0.4, 0.5) is 13.2 Å². The number of benzene rings is 1. The van der Waals surface area contributed by atoms with E-state index in [4.69, 9.17) is 0 Å². The van der Waals surface area contributed by atoms with Crippen molar-refractivity contribution in [2.75, 3.05) is 45.8 Å². The van der Waals surface area contributed by atoms with Crippen molar-refractivity contribution in [1.82, 2.24) is 24.3 Å². The number of rotatable bonds is 4. The molecule has 1 aromatic heterocycles. The Balaban J connectivity index is 1.39. The van der Waals surface area contributed by atoms with Gasteiger partial charge in [0, 0.05) is 39.3 Å². The number of alkyl halides is 3. The smallest absolute Gasteiger partial charge is 0.342 e. The number of imidazole rings is 1. The third-order valence-electron chi connectivity index (χ3n) is 5.74. The van der Waals surface area contributed by atoms with Crippen LogP contribution in [0, 0.1) is 0 Å². The van der Waals surface area contributed by atoms with Gasteiger partial charge in [0.15, 0.2) is 0 Å². The van der Waals surface area contributed by atoms with Crippen LogP contribution in [0.2, 0.25) is 0 Å². The van der Waals surface area contributed by atoms with Crippen molar-refractivity contribution in [2.24, 2.45) is 0 Å². The molecule has 0 bridgehead atoms. The zero-order valence-electron chi connectivity index (χ0n) is 16.6. The molecule has 2 fully saturated rings. The van der Waals surface area contributed by atoms with E-state index in [-0.39, 0.29) is 22.8 Å². The van der Waals surface area contributed by atoms with Crippen molar-refractivity contribution in [3.05, 3.63) is 30.1 Å². The summed E-state index contributed by atoms with van der Waals surface area (Å²) in [6, 6.07) is 6.28. The lowest BCUT2D eigenvalue weighted by molar-refractivity contribution is -0.148. The Hall–Kier alpha value is -2.62. The number of amides is 2. The molecule has 2 aromatic rings. The van der Waals surface area contributed by atoms with Crippen LogP contribution >= 0.6 is 0 Å². The third kappa shape index (κ3) is 4.28. The summed E-state index contributed by atoms with van der Waals surface area (Å²) in [7, 11) is 0. The SMILES string of the molecule is O=C(CN1CCN(C(=O)Cn2c(C(F)(F)F)nc3ccccc32)CC1)N1CCCC1. The minimum absolute atomic E-state index is 0.104. The van der Waals surface area contributed by atoms with E-state index in [0.29, 0.717) is 32.7 Å². The molecule has 0 saturated carbocycles. The number of para-hydroxylation sites is 2. The minimum Gasteiger partial charge on any atom is -0.342 e. The summed E-state index contributed by atoms with van der Waals surface area (Å²) < 4.78 is 41.2. The zero-order chi connectivity index (χ0) is 21.3. The van der Waals surface area contributed by atoms with Gasteiger partial charge in [0.2, 0.25) is 17.6 Å². The Labute approximate surface area is 172 Å². The van der Waals surface area contributed by atoms with Gasteiger partial charge < -0.3 is 14.4 Å². The lowest BCUT2D eigenvalue weighted by atomic mass is 10.3. The maximum Gasteiger partial charge on any atom is 0.449 e. The third-order valence-corrected chi connectivity index (χ3v) is 5.74. The van der Waals surface area contributed by atoms with Crippen molar-refractivity contribution in [3.8, 4) is 0 Å². The van der Waals surface area contributed by atoms with Crippen LogP contribution in [0.25, 0.3) is 11.0 Å². The summed E-state index contributed by atoms with van der Waals surface area (Å²) in [6.07, 6.45) is -2.57. The zero-order valence-corrected chi connectivity index (χ0v) is 16.6. The first-order valence-corrected chi connectivity index (χ1v) is 10.1. The second-order valence-electron chi connectivity index (χ2n) is 7.75. The van der Waals surface area contributed by atoms with Crippen molar-refractivity contribution < 1.29 is 22.8 Å². The number of aromatic nitrogens is 2. The van der Waals surface area contributed by atoms with Crippen molar-refractivity contribution in [3.63, 3.8) is 0 Å². The highest BCUT2D eigenvalue weighted by atomic mass is 19.4. The number of hydrogen-bond donors (Lipinski definition) is 0. The van der Waals surface area contributed by atoms with E-state index in [2.05, 4.69) is 4.98 Å². The molecule has 0 radical (unpaired) electrons. The molecule has 10 heteroatoms. The number of carbonyl (C=O) groups excluding carboxylic acids is 2. The summed E-state index contributed by atoms with van der Waals surface area (Å²) >= 11 is 0. The number of carbonyl (C=O) groups is 2. The number of likely N-dealkylation sites (tertiary alicyclic amines) is 1. The molecule has 162 valence electrons. The van der Waals surface area contributed by atoms with E-state index >= 15 is 0 Å². The fourth-order valence-corrected chi connectivity index (χ4v) is 4.10. The Morgan fingerprint density at radius 2 is 1.47 bits per heavy atom. The van der Waals surface area contributed by atoms with E-state index in [1.54, 1.807) is 17.0 Å². The van der Waals surface area contributed by atoms with Crippen molar-refractivity contribution >= 4 is 22.8 Å². The summed E-state index contributed by atoms with van der Waals surface area (Å²) in [5.41, 5.74) is 0.496. The van der Waals surface area contributed by atoms with Gasteiger partial charge in [-0.1, -0.05) is 12.1 Å². The second-order valence-corrected chi connectivity index (χ2v) is 7.75. The minimum atomic E-state index is -4.64. The molecule has 0 aliphatic carbocycles. The highest BCUT2D eigenvalue weighted by molar-refractivity contribution is 5.81. The Morgan fingerprint density at radius 3 is 2.13 bits per heavy atom. The molecular weight excluding hydrogens is 399 g/mol. The summed E-state index contributed by atoms with van der Waals surface area (Å²) in [4.78, 5) is 34.1. The Morgan fingerprint density at radius 1 is 0.867 bits per heavy atom. The maximum absolute atomic E-state index is 13.4.